The van der Waals surface area contributed by atoms with Crippen LogP contribution < -0.4 is 10.6 Å². The Morgan fingerprint density at radius 3 is 3.04 bits per heavy atom. The summed E-state index contributed by atoms with van der Waals surface area (Å²) >= 11 is 1.39. The van der Waals surface area contributed by atoms with Crippen molar-refractivity contribution in [2.45, 2.75) is 4.90 Å². The molecule has 1 aliphatic heterocycles. The fourth-order valence-corrected chi connectivity index (χ4v) is 2.67. The smallest absolute Gasteiger partial charge is 0.338 e. The second-order valence-electron chi connectivity index (χ2n) is 4.56. The standard InChI is InChI=1S/C14H11N3O5S/c18-12(16-11-3-4-22-17-11)6-21-14(20)8-1-2-10-9(5-8)15-13(19)7-23-10/h1-5H,6-7H2,(H,15,19)(H,16,17,18). The number of nitrogens with one attached hydrogen (secondary N) is 2. The highest BCUT2D eigenvalue weighted by molar-refractivity contribution is 8.00. The van der Waals surface area contributed by atoms with Crippen LogP contribution >= 0.6 is 11.8 Å². The zero-order valence-electron chi connectivity index (χ0n) is 11.7. The van der Waals surface area contributed by atoms with E-state index in [0.29, 0.717) is 11.4 Å². The molecule has 1 aromatic carbocycles. The van der Waals surface area contributed by atoms with Crippen molar-refractivity contribution in [2.24, 2.45) is 0 Å². The number of anilines is 2. The van der Waals surface area contributed by atoms with Crippen molar-refractivity contribution in [3.63, 3.8) is 0 Å². The summed E-state index contributed by atoms with van der Waals surface area (Å²) in [4.78, 5) is 35.8. The maximum atomic E-state index is 12.0. The number of aromatic nitrogens is 1. The van der Waals surface area contributed by atoms with Crippen LogP contribution in [0.15, 0.2) is 39.9 Å². The SMILES string of the molecule is O=C(COC(=O)c1ccc2c(c1)NC(=O)CS2)Nc1ccon1. The summed E-state index contributed by atoms with van der Waals surface area (Å²) < 4.78 is 9.49. The normalized spacial score (nSPS) is 13.0. The molecule has 0 spiro atoms. The largest absolute Gasteiger partial charge is 0.452 e. The van der Waals surface area contributed by atoms with Gasteiger partial charge in [-0.3, -0.25) is 9.59 Å². The molecule has 3 rings (SSSR count). The van der Waals surface area contributed by atoms with Gasteiger partial charge in [0.15, 0.2) is 12.4 Å². The first-order chi connectivity index (χ1) is 11.1. The summed E-state index contributed by atoms with van der Waals surface area (Å²) in [5.74, 6) is -0.736. The van der Waals surface area contributed by atoms with Crippen LogP contribution in [0.4, 0.5) is 11.5 Å². The van der Waals surface area contributed by atoms with Crippen LogP contribution in [0, 0.1) is 0 Å². The molecule has 0 bridgehead atoms. The van der Waals surface area contributed by atoms with E-state index in [-0.39, 0.29) is 17.3 Å². The highest BCUT2D eigenvalue weighted by atomic mass is 32.2. The molecule has 2 N–H and O–H groups in total. The van der Waals surface area contributed by atoms with Gasteiger partial charge in [0.1, 0.15) is 6.26 Å². The third-order valence-corrected chi connectivity index (χ3v) is 3.96. The van der Waals surface area contributed by atoms with Gasteiger partial charge in [0, 0.05) is 11.0 Å². The van der Waals surface area contributed by atoms with E-state index in [1.165, 1.54) is 30.2 Å². The zero-order chi connectivity index (χ0) is 16.2. The topological polar surface area (TPSA) is 111 Å². The van der Waals surface area contributed by atoms with E-state index in [2.05, 4.69) is 20.3 Å². The number of hydrogen-bond acceptors (Lipinski definition) is 7. The monoisotopic (exact) mass is 333 g/mol. The molecule has 1 aromatic heterocycles. The molecule has 0 aliphatic carbocycles. The second-order valence-corrected chi connectivity index (χ2v) is 5.57. The lowest BCUT2D eigenvalue weighted by atomic mass is 10.2. The van der Waals surface area contributed by atoms with Crippen molar-refractivity contribution in [1.82, 2.24) is 5.16 Å². The minimum Gasteiger partial charge on any atom is -0.452 e. The zero-order valence-corrected chi connectivity index (χ0v) is 12.5. The molecule has 2 aromatic rings. The molecule has 1 aliphatic rings. The fraction of sp³-hybridized carbons (Fsp3) is 0.143. The first-order valence-electron chi connectivity index (χ1n) is 6.56. The molecule has 0 fully saturated rings. The van der Waals surface area contributed by atoms with E-state index >= 15 is 0 Å². The number of amides is 2. The summed E-state index contributed by atoms with van der Waals surface area (Å²) in [6, 6.07) is 6.30. The lowest BCUT2D eigenvalue weighted by Gasteiger charge is -2.16. The molecule has 0 radical (unpaired) electrons. The molecule has 0 unspecified atom stereocenters. The lowest BCUT2D eigenvalue weighted by molar-refractivity contribution is -0.119. The van der Waals surface area contributed by atoms with Gasteiger partial charge in [-0.05, 0) is 18.2 Å². The average Bonchev–Trinajstić information content (AvgIpc) is 3.04. The summed E-state index contributed by atoms with van der Waals surface area (Å²) in [5.41, 5.74) is 0.813. The third-order valence-electron chi connectivity index (χ3n) is 2.89. The van der Waals surface area contributed by atoms with Crippen molar-refractivity contribution < 1.29 is 23.6 Å². The van der Waals surface area contributed by atoms with Gasteiger partial charge in [-0.15, -0.1) is 11.8 Å². The summed E-state index contributed by atoms with van der Waals surface area (Å²) in [7, 11) is 0. The third kappa shape index (κ3) is 3.69. The molecule has 8 nitrogen and oxygen atoms in total. The van der Waals surface area contributed by atoms with Gasteiger partial charge >= 0.3 is 5.97 Å². The first-order valence-corrected chi connectivity index (χ1v) is 7.54. The Kier molecular flexibility index (Phi) is 4.29. The summed E-state index contributed by atoms with van der Waals surface area (Å²) in [5, 5.41) is 8.59. The van der Waals surface area contributed by atoms with Gasteiger partial charge < -0.3 is 19.9 Å². The van der Waals surface area contributed by atoms with E-state index in [0.717, 1.165) is 4.90 Å². The second kappa shape index (κ2) is 6.53. The molecule has 0 saturated carbocycles. The van der Waals surface area contributed by atoms with Crippen LogP contribution in [0.2, 0.25) is 0 Å². The van der Waals surface area contributed by atoms with Crippen LogP contribution in [0.1, 0.15) is 10.4 Å². The Balaban J connectivity index is 1.59. The number of carbonyl (C=O) groups excluding carboxylic acids is 3. The van der Waals surface area contributed by atoms with Crippen molar-refractivity contribution in [3.05, 3.63) is 36.1 Å². The molecule has 23 heavy (non-hydrogen) atoms. The van der Waals surface area contributed by atoms with Gasteiger partial charge in [0.25, 0.3) is 5.91 Å². The van der Waals surface area contributed by atoms with Crippen LogP contribution in [-0.2, 0) is 14.3 Å². The Morgan fingerprint density at radius 1 is 1.39 bits per heavy atom. The van der Waals surface area contributed by atoms with Crippen molar-refractivity contribution in [2.75, 3.05) is 23.0 Å². The fourth-order valence-electron chi connectivity index (χ4n) is 1.88. The molecule has 0 saturated heterocycles. The number of fused-ring (bicyclic) bond motifs is 1. The van der Waals surface area contributed by atoms with Crippen molar-refractivity contribution >= 4 is 41.1 Å². The predicted molar refractivity (Wildman–Crippen MR) is 81.2 cm³/mol. The molecule has 2 heterocycles. The summed E-state index contributed by atoms with van der Waals surface area (Å²) in [6.45, 7) is -0.454. The predicted octanol–water partition coefficient (Wildman–Crippen LogP) is 1.51. The maximum Gasteiger partial charge on any atom is 0.338 e. The number of nitrogens with zero attached hydrogens (tertiary/aromatic N) is 1. The van der Waals surface area contributed by atoms with E-state index in [9.17, 15) is 14.4 Å². The lowest BCUT2D eigenvalue weighted by Crippen LogP contribution is -2.22. The first kappa shape index (κ1) is 15.1. The number of esters is 1. The highest BCUT2D eigenvalue weighted by Gasteiger charge is 2.18. The number of carbonyl (C=O) groups is 3. The number of benzene rings is 1. The quantitative estimate of drug-likeness (QED) is 0.816. The van der Waals surface area contributed by atoms with E-state index in [1.54, 1.807) is 12.1 Å². The molecule has 2 amide bonds. The van der Waals surface area contributed by atoms with E-state index in [4.69, 9.17) is 4.74 Å². The van der Waals surface area contributed by atoms with Crippen LogP contribution in [0.25, 0.3) is 0 Å². The van der Waals surface area contributed by atoms with E-state index < -0.39 is 18.5 Å². The minimum atomic E-state index is -0.659. The van der Waals surface area contributed by atoms with E-state index in [1.807, 2.05) is 0 Å². The Hall–Kier alpha value is -2.81. The highest BCUT2D eigenvalue weighted by Crippen LogP contribution is 2.32. The minimum absolute atomic E-state index is 0.125. The number of rotatable bonds is 4. The van der Waals surface area contributed by atoms with Gasteiger partial charge in [-0.1, -0.05) is 5.16 Å². The number of hydrogen-bond donors (Lipinski definition) is 2. The molecule has 0 atom stereocenters. The Bertz CT molecular complexity index is 760. The van der Waals surface area contributed by atoms with Crippen molar-refractivity contribution in [3.8, 4) is 0 Å². The van der Waals surface area contributed by atoms with Crippen LogP contribution in [0.3, 0.4) is 0 Å². The Labute approximate surface area is 134 Å². The average molecular weight is 333 g/mol. The maximum absolute atomic E-state index is 12.0. The van der Waals surface area contributed by atoms with Crippen LogP contribution in [0.5, 0.6) is 0 Å². The number of thioether (sulfide) groups is 1. The molecular formula is C14H11N3O5S. The number of ether oxygens (including phenoxy) is 1. The Morgan fingerprint density at radius 2 is 2.26 bits per heavy atom. The molecular weight excluding hydrogens is 322 g/mol. The molecule has 9 heteroatoms. The van der Waals surface area contributed by atoms with Gasteiger partial charge in [0.05, 0.1) is 17.0 Å². The van der Waals surface area contributed by atoms with Gasteiger partial charge in [0.2, 0.25) is 5.91 Å². The van der Waals surface area contributed by atoms with Gasteiger partial charge in [-0.25, -0.2) is 4.79 Å². The van der Waals surface area contributed by atoms with Crippen LogP contribution in [-0.4, -0.2) is 35.3 Å². The van der Waals surface area contributed by atoms with Gasteiger partial charge in [-0.2, -0.15) is 0 Å². The molecule has 118 valence electrons. The summed E-state index contributed by atoms with van der Waals surface area (Å²) in [6.07, 6.45) is 1.31. The van der Waals surface area contributed by atoms with Crippen molar-refractivity contribution in [1.29, 1.82) is 0 Å².